The van der Waals surface area contributed by atoms with Gasteiger partial charge in [-0.1, -0.05) is 31.5 Å². The number of aromatic nitrogens is 1. The van der Waals surface area contributed by atoms with Crippen molar-refractivity contribution in [2.24, 2.45) is 5.73 Å². The molecular formula is C21H26N2O2. The molecular weight excluding hydrogens is 312 g/mol. The summed E-state index contributed by atoms with van der Waals surface area (Å²) in [4.78, 5) is 16.2. The number of nitrogens with zero attached hydrogens (tertiary/aromatic N) is 1. The molecule has 1 aliphatic carbocycles. The smallest absolute Gasteiger partial charge is 0.250 e. The Hall–Kier alpha value is -2.20. The van der Waals surface area contributed by atoms with Gasteiger partial charge in [0.05, 0.1) is 24.0 Å². The monoisotopic (exact) mass is 338 g/mol. The van der Waals surface area contributed by atoms with Crippen LogP contribution in [0, 0.1) is 6.92 Å². The van der Waals surface area contributed by atoms with Gasteiger partial charge in [-0.15, -0.1) is 0 Å². The zero-order valence-corrected chi connectivity index (χ0v) is 15.0. The molecule has 0 aliphatic heterocycles. The first-order chi connectivity index (χ1) is 12.1. The summed E-state index contributed by atoms with van der Waals surface area (Å²) in [7, 11) is 0. The highest BCUT2D eigenvalue weighted by Gasteiger charge is 2.32. The summed E-state index contributed by atoms with van der Waals surface area (Å²) in [6, 6.07) is 10.0. The molecule has 25 heavy (non-hydrogen) atoms. The van der Waals surface area contributed by atoms with E-state index in [1.165, 1.54) is 16.7 Å². The van der Waals surface area contributed by atoms with E-state index in [-0.39, 0.29) is 12.0 Å². The Morgan fingerprint density at radius 1 is 1.32 bits per heavy atom. The molecule has 0 unspecified atom stereocenters. The lowest BCUT2D eigenvalue weighted by molar-refractivity contribution is 0.0333. The standard InChI is InChI=1S/C21H26N2O2/c1-3-16-12-15(10-9-14(16)2)13-25-19-8-4-6-17(19)20-18(21(22)24)7-5-11-23-20/h5,7,9-12,17,19H,3-4,6,8,13H2,1-2H3,(H2,22,24)/t17-,19+/m1/s1. The molecule has 1 aromatic heterocycles. The van der Waals surface area contributed by atoms with Crippen LogP contribution in [0.2, 0.25) is 0 Å². The predicted molar refractivity (Wildman–Crippen MR) is 98.5 cm³/mol. The third kappa shape index (κ3) is 3.90. The lowest BCUT2D eigenvalue weighted by atomic mass is 9.96. The van der Waals surface area contributed by atoms with E-state index in [1.807, 2.05) is 0 Å². The minimum atomic E-state index is -0.417. The average Bonchev–Trinajstić information content (AvgIpc) is 3.09. The summed E-state index contributed by atoms with van der Waals surface area (Å²) >= 11 is 0. The van der Waals surface area contributed by atoms with Gasteiger partial charge in [0.1, 0.15) is 0 Å². The number of aryl methyl sites for hydroxylation is 2. The molecule has 1 aliphatic rings. The van der Waals surface area contributed by atoms with E-state index < -0.39 is 5.91 Å². The van der Waals surface area contributed by atoms with Crippen LogP contribution < -0.4 is 5.73 Å². The maximum absolute atomic E-state index is 11.7. The number of pyridine rings is 1. The topological polar surface area (TPSA) is 65.2 Å². The molecule has 1 fully saturated rings. The van der Waals surface area contributed by atoms with Gasteiger partial charge in [-0.05, 0) is 55.0 Å². The number of benzene rings is 1. The molecule has 2 atom stereocenters. The molecule has 2 aromatic rings. The van der Waals surface area contributed by atoms with Gasteiger partial charge in [0.25, 0.3) is 5.91 Å². The van der Waals surface area contributed by atoms with Crippen LogP contribution in [0.4, 0.5) is 0 Å². The number of carbonyl (C=O) groups excluding carboxylic acids is 1. The minimum absolute atomic E-state index is 0.0828. The highest BCUT2D eigenvalue weighted by molar-refractivity contribution is 5.94. The molecule has 3 rings (SSSR count). The lowest BCUT2D eigenvalue weighted by Crippen LogP contribution is -2.22. The summed E-state index contributed by atoms with van der Waals surface area (Å²) in [6.45, 7) is 4.91. The minimum Gasteiger partial charge on any atom is -0.373 e. The van der Waals surface area contributed by atoms with Crippen LogP contribution in [-0.4, -0.2) is 17.0 Å². The first-order valence-corrected chi connectivity index (χ1v) is 9.05. The van der Waals surface area contributed by atoms with Gasteiger partial charge in [-0.25, -0.2) is 0 Å². The fourth-order valence-corrected chi connectivity index (χ4v) is 3.76. The van der Waals surface area contributed by atoms with E-state index in [4.69, 9.17) is 10.5 Å². The normalized spacial score (nSPS) is 19.9. The summed E-state index contributed by atoms with van der Waals surface area (Å²) in [6.07, 6.45) is 5.89. The number of hydrogen-bond acceptors (Lipinski definition) is 3. The number of primary amides is 1. The fraction of sp³-hybridized carbons (Fsp3) is 0.429. The van der Waals surface area contributed by atoms with Crippen molar-refractivity contribution < 1.29 is 9.53 Å². The van der Waals surface area contributed by atoms with Crippen molar-refractivity contribution in [3.05, 3.63) is 64.5 Å². The van der Waals surface area contributed by atoms with Gasteiger partial charge in [0.2, 0.25) is 0 Å². The fourth-order valence-electron chi connectivity index (χ4n) is 3.76. The van der Waals surface area contributed by atoms with Crippen molar-refractivity contribution in [1.82, 2.24) is 4.98 Å². The van der Waals surface area contributed by atoms with Gasteiger partial charge in [-0.3, -0.25) is 9.78 Å². The second kappa shape index (κ2) is 7.79. The summed E-state index contributed by atoms with van der Waals surface area (Å²) in [5.41, 5.74) is 10.7. The average molecular weight is 338 g/mol. The largest absolute Gasteiger partial charge is 0.373 e. The van der Waals surface area contributed by atoms with Crippen LogP contribution in [-0.2, 0) is 17.8 Å². The number of ether oxygens (including phenoxy) is 1. The number of hydrogen-bond donors (Lipinski definition) is 1. The van der Waals surface area contributed by atoms with Crippen molar-refractivity contribution in [2.45, 2.75) is 58.2 Å². The van der Waals surface area contributed by atoms with E-state index in [1.54, 1.807) is 18.3 Å². The molecule has 132 valence electrons. The quantitative estimate of drug-likeness (QED) is 0.868. The molecule has 0 radical (unpaired) electrons. The van der Waals surface area contributed by atoms with Gasteiger partial charge in [-0.2, -0.15) is 0 Å². The van der Waals surface area contributed by atoms with Crippen LogP contribution in [0.3, 0.4) is 0 Å². The highest BCUT2D eigenvalue weighted by atomic mass is 16.5. The second-order valence-corrected chi connectivity index (χ2v) is 6.80. The molecule has 1 saturated carbocycles. The molecule has 4 heteroatoms. The Morgan fingerprint density at radius 2 is 2.16 bits per heavy atom. The van der Waals surface area contributed by atoms with E-state index in [2.05, 4.69) is 37.0 Å². The molecule has 1 heterocycles. The SMILES string of the molecule is CCc1cc(CO[C@H]2CCC[C@H]2c2ncccc2C(N)=O)ccc1C. The van der Waals surface area contributed by atoms with E-state index in [0.717, 1.165) is 31.4 Å². The first kappa shape index (κ1) is 17.6. The van der Waals surface area contributed by atoms with Crippen molar-refractivity contribution in [2.75, 3.05) is 0 Å². The van der Waals surface area contributed by atoms with Crippen molar-refractivity contribution in [3.8, 4) is 0 Å². The van der Waals surface area contributed by atoms with E-state index in [0.29, 0.717) is 12.2 Å². The van der Waals surface area contributed by atoms with Crippen molar-refractivity contribution >= 4 is 5.91 Å². The maximum atomic E-state index is 11.7. The maximum Gasteiger partial charge on any atom is 0.250 e. The Labute approximate surface area is 149 Å². The summed E-state index contributed by atoms with van der Waals surface area (Å²) < 4.78 is 6.24. The molecule has 1 aromatic carbocycles. The van der Waals surface area contributed by atoms with Crippen molar-refractivity contribution in [3.63, 3.8) is 0 Å². The van der Waals surface area contributed by atoms with Gasteiger partial charge in [0, 0.05) is 12.1 Å². The third-order valence-electron chi connectivity index (χ3n) is 5.17. The number of rotatable bonds is 6. The number of amides is 1. The molecule has 2 N–H and O–H groups in total. The highest BCUT2D eigenvalue weighted by Crippen LogP contribution is 2.37. The lowest BCUT2D eigenvalue weighted by Gasteiger charge is -2.21. The molecule has 4 nitrogen and oxygen atoms in total. The second-order valence-electron chi connectivity index (χ2n) is 6.80. The van der Waals surface area contributed by atoms with Gasteiger partial charge in [0.15, 0.2) is 0 Å². The number of carbonyl (C=O) groups is 1. The molecule has 0 saturated heterocycles. The van der Waals surface area contributed by atoms with Crippen LogP contribution in [0.15, 0.2) is 36.5 Å². The Morgan fingerprint density at radius 3 is 2.92 bits per heavy atom. The zero-order chi connectivity index (χ0) is 17.8. The summed E-state index contributed by atoms with van der Waals surface area (Å²) in [5, 5.41) is 0. The van der Waals surface area contributed by atoms with Gasteiger partial charge >= 0.3 is 0 Å². The Kier molecular flexibility index (Phi) is 5.49. The van der Waals surface area contributed by atoms with Crippen molar-refractivity contribution in [1.29, 1.82) is 0 Å². The third-order valence-corrected chi connectivity index (χ3v) is 5.17. The van der Waals surface area contributed by atoms with Crippen LogP contribution in [0.1, 0.15) is 64.8 Å². The first-order valence-electron chi connectivity index (χ1n) is 9.05. The zero-order valence-electron chi connectivity index (χ0n) is 15.0. The van der Waals surface area contributed by atoms with Crippen LogP contribution in [0.5, 0.6) is 0 Å². The molecule has 0 spiro atoms. The van der Waals surface area contributed by atoms with Crippen LogP contribution >= 0.6 is 0 Å². The van der Waals surface area contributed by atoms with E-state index >= 15 is 0 Å². The molecule has 1 amide bonds. The Balaban J connectivity index is 1.74. The van der Waals surface area contributed by atoms with Crippen LogP contribution in [0.25, 0.3) is 0 Å². The van der Waals surface area contributed by atoms with Gasteiger partial charge < -0.3 is 10.5 Å². The molecule has 0 bridgehead atoms. The Bertz CT molecular complexity index is 757. The summed E-state index contributed by atoms with van der Waals surface area (Å²) in [5.74, 6) is -0.278. The van der Waals surface area contributed by atoms with E-state index in [9.17, 15) is 4.79 Å². The number of nitrogens with two attached hydrogens (primary N) is 1. The predicted octanol–water partition coefficient (Wildman–Crippen LogP) is 3.90.